The van der Waals surface area contributed by atoms with Gasteiger partial charge in [0.2, 0.25) is 0 Å². The van der Waals surface area contributed by atoms with Gasteiger partial charge in [0.25, 0.3) is 0 Å². The Kier molecular flexibility index (Phi) is 67.0. The molecule has 0 aliphatic rings. The van der Waals surface area contributed by atoms with Crippen molar-refractivity contribution in [2.75, 3.05) is 13.2 Å². The van der Waals surface area contributed by atoms with Crippen LogP contribution >= 0.6 is 0 Å². The zero-order chi connectivity index (χ0) is 57.1. The van der Waals surface area contributed by atoms with E-state index in [1.807, 2.05) is 0 Å². The Balaban J connectivity index is 3.97. The van der Waals surface area contributed by atoms with E-state index in [1.54, 1.807) is 0 Å². The molecule has 0 aromatic carbocycles. The number of ether oxygens (including phenoxy) is 3. The second-order valence-corrected chi connectivity index (χ2v) is 24.9. The maximum atomic E-state index is 12.9. The predicted octanol–water partition coefficient (Wildman–Crippen LogP) is 24.8. The molecule has 0 bridgehead atoms. The van der Waals surface area contributed by atoms with E-state index < -0.39 is 6.10 Å². The van der Waals surface area contributed by atoms with Crippen molar-refractivity contribution >= 4 is 17.9 Å². The van der Waals surface area contributed by atoms with Gasteiger partial charge in [-0.1, -0.05) is 373 Å². The van der Waals surface area contributed by atoms with E-state index in [0.29, 0.717) is 19.3 Å². The number of rotatable bonds is 68. The summed E-state index contributed by atoms with van der Waals surface area (Å²) in [6.45, 7) is 6.67. The molecule has 0 aromatic rings. The molecule has 0 aromatic heterocycles. The molecule has 0 amide bonds. The molecule has 0 fully saturated rings. The maximum Gasteiger partial charge on any atom is 0.306 e. The zero-order valence-corrected chi connectivity index (χ0v) is 53.9. The molecular formula is C73H140O6. The van der Waals surface area contributed by atoms with Crippen LogP contribution in [0.4, 0.5) is 0 Å². The van der Waals surface area contributed by atoms with Crippen molar-refractivity contribution < 1.29 is 28.6 Å². The van der Waals surface area contributed by atoms with Gasteiger partial charge >= 0.3 is 17.9 Å². The Labute approximate surface area is 494 Å². The molecule has 6 nitrogen and oxygen atoms in total. The van der Waals surface area contributed by atoms with E-state index in [4.69, 9.17) is 14.2 Å². The first-order valence-electron chi connectivity index (χ1n) is 36.2. The van der Waals surface area contributed by atoms with Gasteiger partial charge in [0, 0.05) is 19.3 Å². The van der Waals surface area contributed by atoms with E-state index in [2.05, 4.69) is 32.9 Å². The highest BCUT2D eigenvalue weighted by Crippen LogP contribution is 2.19. The fraction of sp³-hybridized carbons (Fsp3) is 0.932. The summed E-state index contributed by atoms with van der Waals surface area (Å²) in [5.41, 5.74) is 0. The minimum atomic E-state index is -0.768. The predicted molar refractivity (Wildman–Crippen MR) is 344 cm³/mol. The van der Waals surface area contributed by atoms with E-state index in [-0.39, 0.29) is 31.1 Å². The van der Waals surface area contributed by atoms with Crippen LogP contribution in [-0.2, 0) is 28.6 Å². The fourth-order valence-corrected chi connectivity index (χ4v) is 11.3. The smallest absolute Gasteiger partial charge is 0.306 e. The van der Waals surface area contributed by atoms with Crippen molar-refractivity contribution in [1.29, 1.82) is 0 Å². The van der Waals surface area contributed by atoms with Gasteiger partial charge in [0.15, 0.2) is 6.10 Å². The van der Waals surface area contributed by atoms with E-state index in [9.17, 15) is 14.4 Å². The van der Waals surface area contributed by atoms with Gasteiger partial charge in [-0.15, -0.1) is 0 Å². The molecule has 0 aliphatic heterocycles. The van der Waals surface area contributed by atoms with Crippen LogP contribution in [0.2, 0.25) is 0 Å². The molecule has 0 heterocycles. The second kappa shape index (κ2) is 68.6. The summed E-state index contributed by atoms with van der Waals surface area (Å²) >= 11 is 0. The highest BCUT2D eigenvalue weighted by Gasteiger charge is 2.19. The van der Waals surface area contributed by atoms with Crippen LogP contribution in [0, 0.1) is 0 Å². The minimum absolute atomic E-state index is 0.0662. The van der Waals surface area contributed by atoms with Crippen molar-refractivity contribution in [3.63, 3.8) is 0 Å². The van der Waals surface area contributed by atoms with Crippen LogP contribution in [0.15, 0.2) is 12.2 Å². The lowest BCUT2D eigenvalue weighted by atomic mass is 10.0. The number of unbranched alkanes of at least 4 members (excludes halogenated alkanes) is 55. The SMILES string of the molecule is CCCC/C=C\CCCCCCCC(=O)OCC(COC(=O)CCCCCCCCCCCCCCCCCCCCCCCCCCCCCCCCCCCCC)OC(=O)CCCCCCCCCCCCCCCCC. The quantitative estimate of drug-likeness (QED) is 0.0261. The van der Waals surface area contributed by atoms with Crippen LogP contribution in [0.5, 0.6) is 0 Å². The number of allylic oxidation sites excluding steroid dienone is 2. The Morgan fingerprint density at radius 3 is 0.671 bits per heavy atom. The summed E-state index contributed by atoms with van der Waals surface area (Å²) in [5.74, 6) is -0.846. The number of hydrogen-bond donors (Lipinski definition) is 0. The Bertz CT molecular complexity index is 1230. The average molecular weight is 1110 g/mol. The van der Waals surface area contributed by atoms with Crippen LogP contribution in [0.1, 0.15) is 419 Å². The van der Waals surface area contributed by atoms with E-state index >= 15 is 0 Å². The molecule has 468 valence electrons. The maximum absolute atomic E-state index is 12.9. The molecule has 79 heavy (non-hydrogen) atoms. The molecule has 0 rings (SSSR count). The Hall–Kier alpha value is -1.85. The van der Waals surface area contributed by atoms with Gasteiger partial charge in [0.1, 0.15) is 13.2 Å². The molecular weight excluding hydrogens is 973 g/mol. The summed E-state index contributed by atoms with van der Waals surface area (Å²) in [4.78, 5) is 38.3. The fourth-order valence-electron chi connectivity index (χ4n) is 11.3. The highest BCUT2D eigenvalue weighted by atomic mass is 16.6. The largest absolute Gasteiger partial charge is 0.462 e. The van der Waals surface area contributed by atoms with Gasteiger partial charge in [-0.3, -0.25) is 14.4 Å². The van der Waals surface area contributed by atoms with Crippen molar-refractivity contribution in [1.82, 2.24) is 0 Å². The lowest BCUT2D eigenvalue weighted by Crippen LogP contribution is -2.30. The van der Waals surface area contributed by atoms with Crippen molar-refractivity contribution in [3.05, 3.63) is 12.2 Å². The highest BCUT2D eigenvalue weighted by molar-refractivity contribution is 5.71. The van der Waals surface area contributed by atoms with E-state index in [0.717, 1.165) is 64.2 Å². The zero-order valence-electron chi connectivity index (χ0n) is 53.9. The third-order valence-electron chi connectivity index (χ3n) is 16.8. The molecule has 0 saturated carbocycles. The third-order valence-corrected chi connectivity index (χ3v) is 16.8. The average Bonchev–Trinajstić information content (AvgIpc) is 3.45. The normalized spacial score (nSPS) is 12.0. The molecule has 1 atom stereocenters. The topological polar surface area (TPSA) is 78.9 Å². The van der Waals surface area contributed by atoms with E-state index in [1.165, 1.54) is 315 Å². The van der Waals surface area contributed by atoms with Crippen LogP contribution in [0.25, 0.3) is 0 Å². The first kappa shape index (κ1) is 77.2. The molecule has 0 aliphatic carbocycles. The van der Waals surface area contributed by atoms with Crippen LogP contribution in [-0.4, -0.2) is 37.2 Å². The van der Waals surface area contributed by atoms with Crippen molar-refractivity contribution in [3.8, 4) is 0 Å². The summed E-state index contributed by atoms with van der Waals surface area (Å²) in [6, 6.07) is 0. The molecule has 0 spiro atoms. The van der Waals surface area contributed by atoms with Crippen molar-refractivity contribution in [2.24, 2.45) is 0 Å². The molecule has 6 heteroatoms. The first-order valence-corrected chi connectivity index (χ1v) is 36.2. The van der Waals surface area contributed by atoms with Gasteiger partial charge < -0.3 is 14.2 Å². The first-order chi connectivity index (χ1) is 39.0. The summed E-state index contributed by atoms with van der Waals surface area (Å²) in [6.07, 6.45) is 82.8. The summed E-state index contributed by atoms with van der Waals surface area (Å²) < 4.78 is 16.9. The second-order valence-electron chi connectivity index (χ2n) is 24.9. The molecule has 1 unspecified atom stereocenters. The number of esters is 3. The Morgan fingerprint density at radius 2 is 0.430 bits per heavy atom. The molecule has 0 N–H and O–H groups in total. The molecule has 0 saturated heterocycles. The minimum Gasteiger partial charge on any atom is -0.462 e. The van der Waals surface area contributed by atoms with Crippen LogP contribution in [0.3, 0.4) is 0 Å². The van der Waals surface area contributed by atoms with Crippen molar-refractivity contribution in [2.45, 2.75) is 425 Å². The third kappa shape index (κ3) is 66.8. The van der Waals surface area contributed by atoms with Gasteiger partial charge in [0.05, 0.1) is 0 Å². The summed E-state index contributed by atoms with van der Waals surface area (Å²) in [5, 5.41) is 0. The summed E-state index contributed by atoms with van der Waals surface area (Å²) in [7, 11) is 0. The lowest BCUT2D eigenvalue weighted by Gasteiger charge is -2.18. The lowest BCUT2D eigenvalue weighted by molar-refractivity contribution is -0.167. The number of carbonyl (C=O) groups is 3. The monoisotopic (exact) mass is 1110 g/mol. The molecule has 0 radical (unpaired) electrons. The van der Waals surface area contributed by atoms with Gasteiger partial charge in [-0.25, -0.2) is 0 Å². The Morgan fingerprint density at radius 1 is 0.241 bits per heavy atom. The standard InChI is InChI=1S/C73H140O6/c1-4-7-10-13-16-19-22-24-26-27-28-29-30-31-32-33-34-35-36-37-38-39-40-41-42-43-44-45-47-48-51-54-57-60-63-66-72(75)78-69-70(68-77-71(74)65-62-59-56-53-50-21-18-15-12-9-6-3)79-73(76)67-64-61-58-55-52-49-46-25-23-20-17-14-11-8-5-2/h15,18,70H,4-14,16-17,19-69H2,1-3H3/b18-15-. The number of carbonyl (C=O) groups excluding carboxylic acids is 3. The van der Waals surface area contributed by atoms with Gasteiger partial charge in [-0.2, -0.15) is 0 Å². The van der Waals surface area contributed by atoms with Crippen LogP contribution < -0.4 is 0 Å². The number of hydrogen-bond acceptors (Lipinski definition) is 6. The van der Waals surface area contributed by atoms with Gasteiger partial charge in [-0.05, 0) is 38.5 Å².